The molecular formula is C12H8BrN5O. The smallest absolute Gasteiger partial charge is 0.245 e. The van der Waals surface area contributed by atoms with Crippen LogP contribution in [0.3, 0.4) is 0 Å². The number of rotatable bonds is 1. The second-order valence-corrected chi connectivity index (χ2v) is 4.94. The van der Waals surface area contributed by atoms with Gasteiger partial charge >= 0.3 is 0 Å². The van der Waals surface area contributed by atoms with Crippen molar-refractivity contribution in [3.05, 3.63) is 40.4 Å². The molecule has 19 heavy (non-hydrogen) atoms. The molecule has 7 heteroatoms. The Morgan fingerprint density at radius 2 is 2.32 bits per heavy atom. The Morgan fingerprint density at radius 1 is 1.53 bits per heavy atom. The van der Waals surface area contributed by atoms with Crippen LogP contribution < -0.4 is 11.1 Å². The summed E-state index contributed by atoms with van der Waals surface area (Å²) in [6, 6.07) is 4.91. The Morgan fingerprint density at radius 3 is 3.05 bits per heavy atom. The summed E-state index contributed by atoms with van der Waals surface area (Å²) >= 11 is 3.43. The summed E-state index contributed by atoms with van der Waals surface area (Å²) in [4.78, 5) is 15.5. The van der Waals surface area contributed by atoms with Crippen LogP contribution in [-0.2, 0) is 4.79 Å². The minimum absolute atomic E-state index is 0.231. The first-order chi connectivity index (χ1) is 9.11. The number of nitriles is 1. The van der Waals surface area contributed by atoms with Gasteiger partial charge in [0, 0.05) is 28.1 Å². The van der Waals surface area contributed by atoms with E-state index < -0.39 is 6.04 Å². The van der Waals surface area contributed by atoms with Gasteiger partial charge in [0.2, 0.25) is 11.7 Å². The number of amides is 1. The van der Waals surface area contributed by atoms with Gasteiger partial charge in [-0.2, -0.15) is 5.26 Å². The highest BCUT2D eigenvalue weighted by Gasteiger charge is 2.28. The molecule has 6 nitrogen and oxygen atoms in total. The maximum Gasteiger partial charge on any atom is 0.245 e. The van der Waals surface area contributed by atoms with Gasteiger partial charge in [0.05, 0.1) is 5.69 Å². The molecule has 0 fully saturated rings. The molecule has 2 heterocycles. The molecule has 1 amide bonds. The van der Waals surface area contributed by atoms with Crippen molar-refractivity contribution in [1.82, 2.24) is 9.55 Å². The van der Waals surface area contributed by atoms with Crippen molar-refractivity contribution in [2.45, 2.75) is 6.04 Å². The minimum atomic E-state index is -0.654. The number of fused-ring (bicyclic) bond motifs is 1. The topological polar surface area (TPSA) is 96.7 Å². The van der Waals surface area contributed by atoms with Crippen LogP contribution in [-0.4, -0.2) is 15.5 Å². The SMILES string of the molecule is N#Cc1nccn1-c1cc2c(cc1Br)C(N)C(=O)N2. The lowest BCUT2D eigenvalue weighted by atomic mass is 10.1. The van der Waals surface area contributed by atoms with E-state index in [9.17, 15) is 4.79 Å². The van der Waals surface area contributed by atoms with Crippen molar-refractivity contribution in [2.75, 3.05) is 5.32 Å². The van der Waals surface area contributed by atoms with Crippen LogP contribution in [0.1, 0.15) is 17.4 Å². The third-order valence-corrected chi connectivity index (χ3v) is 3.63. The van der Waals surface area contributed by atoms with Crippen LogP contribution in [0.15, 0.2) is 29.0 Å². The van der Waals surface area contributed by atoms with Crippen LogP contribution >= 0.6 is 15.9 Å². The highest BCUT2D eigenvalue weighted by molar-refractivity contribution is 9.10. The molecule has 1 aliphatic rings. The first-order valence-electron chi connectivity index (χ1n) is 5.45. The summed E-state index contributed by atoms with van der Waals surface area (Å²) in [5, 5.41) is 11.7. The number of imidazole rings is 1. The molecular weight excluding hydrogens is 310 g/mol. The minimum Gasteiger partial charge on any atom is -0.324 e. The summed E-state index contributed by atoms with van der Waals surface area (Å²) in [7, 11) is 0. The Hall–Kier alpha value is -2.17. The van der Waals surface area contributed by atoms with Crippen LogP contribution in [0.4, 0.5) is 5.69 Å². The third kappa shape index (κ3) is 1.73. The number of anilines is 1. The number of hydrogen-bond donors (Lipinski definition) is 2. The molecule has 94 valence electrons. The molecule has 0 bridgehead atoms. The molecule has 1 atom stereocenters. The van der Waals surface area contributed by atoms with Crippen LogP contribution in [0.25, 0.3) is 5.69 Å². The second kappa shape index (κ2) is 4.19. The average Bonchev–Trinajstić information content (AvgIpc) is 2.96. The number of nitrogens with zero attached hydrogens (tertiary/aromatic N) is 3. The van der Waals surface area contributed by atoms with Crippen molar-refractivity contribution in [2.24, 2.45) is 5.73 Å². The van der Waals surface area contributed by atoms with E-state index in [1.807, 2.05) is 6.07 Å². The van der Waals surface area contributed by atoms with E-state index in [1.165, 1.54) is 0 Å². The summed E-state index contributed by atoms with van der Waals surface area (Å²) < 4.78 is 2.38. The molecule has 1 aliphatic heterocycles. The molecule has 0 aliphatic carbocycles. The largest absolute Gasteiger partial charge is 0.324 e. The van der Waals surface area contributed by atoms with Gasteiger partial charge in [0.1, 0.15) is 12.1 Å². The zero-order chi connectivity index (χ0) is 13.6. The molecule has 3 N–H and O–H groups in total. The van der Waals surface area contributed by atoms with Crippen molar-refractivity contribution in [1.29, 1.82) is 5.26 Å². The van der Waals surface area contributed by atoms with Crippen LogP contribution in [0.5, 0.6) is 0 Å². The predicted molar refractivity (Wildman–Crippen MR) is 71.5 cm³/mol. The number of carbonyl (C=O) groups is 1. The van der Waals surface area contributed by atoms with E-state index in [0.29, 0.717) is 5.69 Å². The monoisotopic (exact) mass is 317 g/mol. The van der Waals surface area contributed by atoms with Gasteiger partial charge in [0.25, 0.3) is 0 Å². The number of halogens is 1. The Kier molecular flexibility index (Phi) is 2.62. The molecule has 0 spiro atoms. The zero-order valence-corrected chi connectivity index (χ0v) is 11.2. The lowest BCUT2D eigenvalue weighted by Crippen LogP contribution is -2.19. The Labute approximate surface area is 117 Å². The fourth-order valence-electron chi connectivity index (χ4n) is 2.06. The second-order valence-electron chi connectivity index (χ2n) is 4.09. The quantitative estimate of drug-likeness (QED) is 0.832. The Balaban J connectivity index is 2.19. The zero-order valence-electron chi connectivity index (χ0n) is 9.59. The predicted octanol–water partition coefficient (Wildman–Crippen LogP) is 1.46. The van der Waals surface area contributed by atoms with Gasteiger partial charge in [-0.3, -0.25) is 9.36 Å². The van der Waals surface area contributed by atoms with E-state index in [0.717, 1.165) is 15.7 Å². The normalized spacial score (nSPS) is 16.9. The van der Waals surface area contributed by atoms with Gasteiger partial charge in [-0.1, -0.05) is 0 Å². The lowest BCUT2D eigenvalue weighted by molar-refractivity contribution is -0.116. The average molecular weight is 318 g/mol. The molecule has 0 radical (unpaired) electrons. The molecule has 3 rings (SSSR count). The summed E-state index contributed by atoms with van der Waals surface area (Å²) in [6.45, 7) is 0. The number of carbonyl (C=O) groups excluding carboxylic acids is 1. The van der Waals surface area contributed by atoms with Crippen molar-refractivity contribution >= 4 is 27.5 Å². The molecule has 1 aromatic heterocycles. The van der Waals surface area contributed by atoms with Crippen molar-refractivity contribution in [3.8, 4) is 11.8 Å². The fourth-order valence-corrected chi connectivity index (χ4v) is 2.61. The van der Waals surface area contributed by atoms with E-state index in [-0.39, 0.29) is 11.7 Å². The van der Waals surface area contributed by atoms with Gasteiger partial charge in [-0.05, 0) is 28.1 Å². The van der Waals surface area contributed by atoms with Gasteiger partial charge in [-0.25, -0.2) is 4.98 Å². The first-order valence-corrected chi connectivity index (χ1v) is 6.25. The standard InChI is InChI=1S/C12H8BrN5O/c13-7-3-6-8(17-12(19)11(6)15)4-9(7)18-2-1-16-10(18)5-14/h1-4,11H,15H2,(H,17,19). The van der Waals surface area contributed by atoms with E-state index in [1.54, 1.807) is 29.1 Å². The number of nitrogens with one attached hydrogen (secondary N) is 1. The molecule has 2 aromatic rings. The summed E-state index contributed by atoms with van der Waals surface area (Å²) in [5.41, 5.74) is 7.90. The van der Waals surface area contributed by atoms with Crippen molar-refractivity contribution in [3.63, 3.8) is 0 Å². The van der Waals surface area contributed by atoms with E-state index >= 15 is 0 Å². The maximum atomic E-state index is 11.5. The third-order valence-electron chi connectivity index (χ3n) is 2.99. The first kappa shape index (κ1) is 11.9. The highest BCUT2D eigenvalue weighted by Crippen LogP contribution is 2.35. The molecule has 0 saturated carbocycles. The van der Waals surface area contributed by atoms with Crippen molar-refractivity contribution < 1.29 is 4.79 Å². The number of hydrogen-bond acceptors (Lipinski definition) is 4. The number of benzene rings is 1. The van der Waals surface area contributed by atoms with E-state index in [4.69, 9.17) is 11.0 Å². The molecule has 0 saturated heterocycles. The Bertz CT molecular complexity index is 730. The molecule has 1 unspecified atom stereocenters. The molecule has 1 aromatic carbocycles. The lowest BCUT2D eigenvalue weighted by Gasteiger charge is -2.10. The highest BCUT2D eigenvalue weighted by atomic mass is 79.9. The van der Waals surface area contributed by atoms with Gasteiger partial charge in [-0.15, -0.1) is 0 Å². The number of aromatic nitrogens is 2. The fraction of sp³-hybridized carbons (Fsp3) is 0.0833. The summed E-state index contributed by atoms with van der Waals surface area (Å²) in [6.07, 6.45) is 3.23. The van der Waals surface area contributed by atoms with Crippen LogP contribution in [0.2, 0.25) is 0 Å². The van der Waals surface area contributed by atoms with Crippen LogP contribution in [0, 0.1) is 11.3 Å². The summed E-state index contributed by atoms with van der Waals surface area (Å²) in [5.74, 6) is 0.0412. The van der Waals surface area contributed by atoms with Gasteiger partial charge < -0.3 is 11.1 Å². The van der Waals surface area contributed by atoms with E-state index in [2.05, 4.69) is 26.2 Å². The maximum absolute atomic E-state index is 11.5. The number of nitrogens with two attached hydrogens (primary N) is 1. The van der Waals surface area contributed by atoms with Gasteiger partial charge in [0.15, 0.2) is 0 Å².